The monoisotopic (exact) mass is 440 g/mol. The molecule has 0 aliphatic carbocycles. The molecule has 3 rings (SSSR count). The zero-order valence-electron chi connectivity index (χ0n) is 15.3. The van der Waals surface area contributed by atoms with Crippen LogP contribution in [-0.2, 0) is 16.6 Å². The Morgan fingerprint density at radius 2 is 1.61 bits per heavy atom. The highest BCUT2D eigenvalue weighted by Crippen LogP contribution is 2.25. The summed E-state index contributed by atoms with van der Waals surface area (Å²) in [6, 6.07) is 11.4. The average molecular weight is 441 g/mol. The smallest absolute Gasteiger partial charge is 0.253 e. The zero-order chi connectivity index (χ0) is 20.1. The van der Waals surface area contributed by atoms with E-state index in [0.29, 0.717) is 18.1 Å². The topological polar surface area (TPSA) is 66.5 Å². The van der Waals surface area contributed by atoms with Gasteiger partial charge in [0.1, 0.15) is 0 Å². The molecule has 0 unspecified atom stereocenters. The minimum absolute atomic E-state index is 0.0930. The number of rotatable bonds is 5. The van der Waals surface area contributed by atoms with Gasteiger partial charge in [-0.15, -0.1) is 0 Å². The molecule has 1 fully saturated rings. The van der Waals surface area contributed by atoms with Crippen molar-refractivity contribution in [2.24, 2.45) is 0 Å². The highest BCUT2D eigenvalue weighted by molar-refractivity contribution is 7.89. The van der Waals surface area contributed by atoms with Crippen LogP contribution >= 0.6 is 23.2 Å². The van der Waals surface area contributed by atoms with Crippen LogP contribution in [-0.4, -0.2) is 31.7 Å². The summed E-state index contributed by atoms with van der Waals surface area (Å²) in [7, 11) is -3.65. The Hall–Kier alpha value is -1.60. The van der Waals surface area contributed by atoms with Crippen molar-refractivity contribution < 1.29 is 13.2 Å². The van der Waals surface area contributed by atoms with Gasteiger partial charge in [0, 0.05) is 24.7 Å². The molecule has 0 atom stereocenters. The maximum Gasteiger partial charge on any atom is 0.253 e. The van der Waals surface area contributed by atoms with Crippen molar-refractivity contribution in [3.63, 3.8) is 0 Å². The Bertz CT molecular complexity index is 938. The van der Waals surface area contributed by atoms with Crippen LogP contribution in [0, 0.1) is 0 Å². The second kappa shape index (κ2) is 9.27. The summed E-state index contributed by atoms with van der Waals surface area (Å²) in [5.74, 6) is -0.423. The Morgan fingerprint density at radius 1 is 0.964 bits per heavy atom. The maximum absolute atomic E-state index is 13.0. The van der Waals surface area contributed by atoms with E-state index in [9.17, 15) is 13.2 Å². The van der Waals surface area contributed by atoms with Crippen LogP contribution in [0.4, 0.5) is 0 Å². The molecular weight excluding hydrogens is 419 g/mol. The van der Waals surface area contributed by atoms with Gasteiger partial charge in [0.25, 0.3) is 5.91 Å². The first kappa shape index (κ1) is 21.1. The highest BCUT2D eigenvalue weighted by atomic mass is 35.5. The molecule has 1 saturated heterocycles. The Morgan fingerprint density at radius 3 is 2.25 bits per heavy atom. The number of halogens is 2. The predicted octanol–water partition coefficient (Wildman–Crippen LogP) is 4.49. The number of benzene rings is 2. The second-order valence-corrected chi connectivity index (χ2v) is 9.55. The molecular formula is C20H22Cl2N2O3S. The van der Waals surface area contributed by atoms with Crippen molar-refractivity contribution in [3.05, 3.63) is 63.6 Å². The third kappa shape index (κ3) is 5.06. The summed E-state index contributed by atoms with van der Waals surface area (Å²) in [5, 5.41) is 3.60. The third-order valence-corrected chi connectivity index (χ3v) is 7.23. The van der Waals surface area contributed by atoms with Gasteiger partial charge in [-0.25, -0.2) is 8.42 Å². The van der Waals surface area contributed by atoms with Crippen molar-refractivity contribution in [3.8, 4) is 0 Å². The van der Waals surface area contributed by atoms with Gasteiger partial charge in [-0.2, -0.15) is 4.31 Å². The van der Waals surface area contributed by atoms with Crippen LogP contribution in [0.5, 0.6) is 0 Å². The summed E-state index contributed by atoms with van der Waals surface area (Å²) >= 11 is 12.0. The van der Waals surface area contributed by atoms with Crippen LogP contribution in [0.1, 0.15) is 41.6 Å². The van der Waals surface area contributed by atoms with Gasteiger partial charge in [0.15, 0.2) is 0 Å². The molecule has 0 radical (unpaired) electrons. The normalized spacial score (nSPS) is 15.8. The molecule has 1 amide bonds. The minimum atomic E-state index is -3.65. The maximum atomic E-state index is 13.0. The standard InChI is InChI=1S/C20H22Cl2N2O3S/c21-16-7-5-15(6-8-16)14-23-20(25)18-13-17(9-10-19(18)22)28(26,27)24-11-3-1-2-4-12-24/h5-10,13H,1-4,11-12,14H2,(H,23,25). The van der Waals surface area contributed by atoms with E-state index in [4.69, 9.17) is 23.2 Å². The van der Waals surface area contributed by atoms with E-state index < -0.39 is 15.9 Å². The number of nitrogens with one attached hydrogen (secondary N) is 1. The first-order valence-corrected chi connectivity index (χ1v) is 11.4. The van der Waals surface area contributed by atoms with E-state index in [1.165, 1.54) is 22.5 Å². The number of hydrogen-bond acceptors (Lipinski definition) is 3. The molecule has 2 aromatic carbocycles. The number of carbonyl (C=O) groups is 1. The van der Waals surface area contributed by atoms with E-state index in [2.05, 4.69) is 5.32 Å². The number of carbonyl (C=O) groups excluding carboxylic acids is 1. The van der Waals surface area contributed by atoms with Crippen molar-refractivity contribution in [2.45, 2.75) is 37.1 Å². The molecule has 1 aliphatic heterocycles. The molecule has 0 saturated carbocycles. The van der Waals surface area contributed by atoms with Gasteiger partial charge in [0.05, 0.1) is 15.5 Å². The van der Waals surface area contributed by atoms with E-state index in [1.807, 2.05) is 12.1 Å². The van der Waals surface area contributed by atoms with Crippen LogP contribution in [0.25, 0.3) is 0 Å². The fourth-order valence-corrected chi connectivity index (χ4v) is 5.02. The lowest BCUT2D eigenvalue weighted by Crippen LogP contribution is -2.32. The molecule has 1 aliphatic rings. The van der Waals surface area contributed by atoms with E-state index in [1.54, 1.807) is 12.1 Å². The van der Waals surface area contributed by atoms with Crippen LogP contribution < -0.4 is 5.32 Å². The first-order valence-electron chi connectivity index (χ1n) is 9.20. The summed E-state index contributed by atoms with van der Waals surface area (Å²) < 4.78 is 27.5. The van der Waals surface area contributed by atoms with Gasteiger partial charge >= 0.3 is 0 Å². The molecule has 2 aromatic rings. The third-order valence-electron chi connectivity index (χ3n) is 4.75. The van der Waals surface area contributed by atoms with Crippen LogP contribution in [0.15, 0.2) is 47.4 Å². The molecule has 150 valence electrons. The van der Waals surface area contributed by atoms with Crippen LogP contribution in [0.3, 0.4) is 0 Å². The van der Waals surface area contributed by atoms with Crippen molar-refractivity contribution in [1.82, 2.24) is 9.62 Å². The summed E-state index contributed by atoms with van der Waals surface area (Å²) in [6.45, 7) is 1.29. The largest absolute Gasteiger partial charge is 0.348 e. The zero-order valence-corrected chi connectivity index (χ0v) is 17.7. The molecule has 0 aromatic heterocycles. The molecule has 5 nitrogen and oxygen atoms in total. The van der Waals surface area contributed by atoms with Gasteiger partial charge in [0.2, 0.25) is 10.0 Å². The van der Waals surface area contributed by atoms with Gasteiger partial charge in [-0.05, 0) is 48.7 Å². The quantitative estimate of drug-likeness (QED) is 0.744. The van der Waals surface area contributed by atoms with E-state index in [-0.39, 0.29) is 22.0 Å². The molecule has 0 spiro atoms. The first-order chi connectivity index (χ1) is 13.4. The Balaban J connectivity index is 1.78. The Labute approximate surface area is 175 Å². The number of hydrogen-bond donors (Lipinski definition) is 1. The number of sulfonamides is 1. The summed E-state index contributed by atoms with van der Waals surface area (Å²) in [5.41, 5.74) is 1.02. The van der Waals surface area contributed by atoms with E-state index in [0.717, 1.165) is 31.2 Å². The van der Waals surface area contributed by atoms with Crippen molar-refractivity contribution in [2.75, 3.05) is 13.1 Å². The molecule has 0 bridgehead atoms. The summed E-state index contributed by atoms with van der Waals surface area (Å²) in [6.07, 6.45) is 3.76. The molecule has 28 heavy (non-hydrogen) atoms. The number of nitrogens with zero attached hydrogens (tertiary/aromatic N) is 1. The minimum Gasteiger partial charge on any atom is -0.348 e. The second-order valence-electron chi connectivity index (χ2n) is 6.77. The fourth-order valence-electron chi connectivity index (χ4n) is 3.15. The molecule has 1 N–H and O–H groups in total. The predicted molar refractivity (Wildman–Crippen MR) is 111 cm³/mol. The lowest BCUT2D eigenvalue weighted by atomic mass is 10.2. The lowest BCUT2D eigenvalue weighted by molar-refractivity contribution is 0.0951. The summed E-state index contributed by atoms with van der Waals surface area (Å²) in [4.78, 5) is 12.7. The van der Waals surface area contributed by atoms with Crippen molar-refractivity contribution >= 4 is 39.1 Å². The molecule has 8 heteroatoms. The van der Waals surface area contributed by atoms with Gasteiger partial charge in [-0.1, -0.05) is 48.2 Å². The SMILES string of the molecule is O=C(NCc1ccc(Cl)cc1)c1cc(S(=O)(=O)N2CCCCCC2)ccc1Cl. The van der Waals surface area contributed by atoms with Gasteiger partial charge < -0.3 is 5.32 Å². The van der Waals surface area contributed by atoms with Crippen LogP contribution in [0.2, 0.25) is 10.0 Å². The average Bonchev–Trinajstić information content (AvgIpc) is 2.97. The van der Waals surface area contributed by atoms with Gasteiger partial charge in [-0.3, -0.25) is 4.79 Å². The molecule has 1 heterocycles. The Kier molecular flexibility index (Phi) is 6.99. The fraction of sp³-hybridized carbons (Fsp3) is 0.350. The number of amides is 1. The lowest BCUT2D eigenvalue weighted by Gasteiger charge is -2.20. The highest BCUT2D eigenvalue weighted by Gasteiger charge is 2.26. The van der Waals surface area contributed by atoms with E-state index >= 15 is 0 Å². The van der Waals surface area contributed by atoms with Crippen molar-refractivity contribution in [1.29, 1.82) is 0 Å².